The number of aliphatic hydroxyl groups excluding tert-OH is 1. The summed E-state index contributed by atoms with van der Waals surface area (Å²) in [6.07, 6.45) is 6.36. The molecule has 0 fully saturated rings. The third-order valence-electron chi connectivity index (χ3n) is 3.29. The molecule has 1 heterocycles. The van der Waals surface area contributed by atoms with Gasteiger partial charge in [-0.25, -0.2) is 9.97 Å². The van der Waals surface area contributed by atoms with Gasteiger partial charge in [-0.3, -0.25) is 0 Å². The molecule has 4 nitrogen and oxygen atoms in total. The van der Waals surface area contributed by atoms with Gasteiger partial charge in [-0.1, -0.05) is 6.08 Å². The number of hydrogen-bond acceptors (Lipinski definition) is 4. The Morgan fingerprint density at radius 1 is 1.33 bits per heavy atom. The first-order valence-electron chi connectivity index (χ1n) is 6.59. The van der Waals surface area contributed by atoms with Crippen LogP contribution in [0.4, 0.5) is 5.82 Å². The highest BCUT2D eigenvalue weighted by Crippen LogP contribution is 2.27. The molecule has 0 saturated heterocycles. The molecule has 0 saturated carbocycles. The maximum atomic E-state index is 9.18. The lowest BCUT2D eigenvalue weighted by molar-refractivity contribution is 0.302. The number of nitrogens with zero attached hydrogens (tertiary/aromatic N) is 3. The van der Waals surface area contributed by atoms with Crippen molar-refractivity contribution in [1.82, 2.24) is 9.97 Å². The van der Waals surface area contributed by atoms with Crippen LogP contribution in [-0.4, -0.2) is 34.8 Å². The second kappa shape index (κ2) is 5.96. The fourth-order valence-electron chi connectivity index (χ4n) is 2.52. The molecule has 1 N–H and O–H groups in total. The lowest BCUT2D eigenvalue weighted by Gasteiger charge is -2.27. The minimum Gasteiger partial charge on any atom is -0.395 e. The highest BCUT2D eigenvalue weighted by Gasteiger charge is 2.20. The number of fused-ring (bicyclic) bond motifs is 1. The van der Waals surface area contributed by atoms with Crippen LogP contribution in [0.1, 0.15) is 29.9 Å². The summed E-state index contributed by atoms with van der Waals surface area (Å²) < 4.78 is 0. The number of hydrogen-bond donors (Lipinski definition) is 1. The van der Waals surface area contributed by atoms with Crippen molar-refractivity contribution >= 4 is 5.82 Å². The maximum absolute atomic E-state index is 9.18. The van der Waals surface area contributed by atoms with Gasteiger partial charge in [0.1, 0.15) is 11.6 Å². The molecule has 0 aromatic carbocycles. The van der Waals surface area contributed by atoms with Crippen LogP contribution in [0.5, 0.6) is 0 Å². The molecule has 0 bridgehead atoms. The molecule has 4 heteroatoms. The van der Waals surface area contributed by atoms with Crippen LogP contribution < -0.4 is 4.90 Å². The van der Waals surface area contributed by atoms with Crippen LogP contribution in [0.15, 0.2) is 12.7 Å². The first-order chi connectivity index (χ1) is 8.76. The summed E-state index contributed by atoms with van der Waals surface area (Å²) >= 11 is 0. The van der Waals surface area contributed by atoms with Crippen LogP contribution >= 0.6 is 0 Å². The van der Waals surface area contributed by atoms with E-state index in [4.69, 9.17) is 0 Å². The molecule has 18 heavy (non-hydrogen) atoms. The van der Waals surface area contributed by atoms with Crippen molar-refractivity contribution in [3.05, 3.63) is 29.7 Å². The smallest absolute Gasteiger partial charge is 0.136 e. The first kappa shape index (κ1) is 13.0. The van der Waals surface area contributed by atoms with Gasteiger partial charge in [0, 0.05) is 24.3 Å². The molecule has 0 atom stereocenters. The van der Waals surface area contributed by atoms with Crippen molar-refractivity contribution in [2.24, 2.45) is 0 Å². The maximum Gasteiger partial charge on any atom is 0.136 e. The van der Waals surface area contributed by atoms with Crippen LogP contribution in [0.25, 0.3) is 0 Å². The Balaban J connectivity index is 2.40. The molecule has 1 aromatic rings. The Hall–Kier alpha value is -1.42. The molecular weight excluding hydrogens is 226 g/mol. The van der Waals surface area contributed by atoms with E-state index in [0.717, 1.165) is 24.5 Å². The highest BCUT2D eigenvalue weighted by atomic mass is 16.3. The fraction of sp³-hybridized carbons (Fsp3) is 0.571. The average molecular weight is 247 g/mol. The monoisotopic (exact) mass is 247 g/mol. The summed E-state index contributed by atoms with van der Waals surface area (Å²) in [6.45, 7) is 7.14. The first-order valence-corrected chi connectivity index (χ1v) is 6.59. The number of aromatic nitrogens is 2. The van der Waals surface area contributed by atoms with Crippen molar-refractivity contribution in [3.8, 4) is 0 Å². The average Bonchev–Trinajstić information content (AvgIpc) is 2.37. The predicted molar refractivity (Wildman–Crippen MR) is 72.9 cm³/mol. The van der Waals surface area contributed by atoms with Gasteiger partial charge < -0.3 is 10.0 Å². The molecular formula is C14H21N3O. The van der Waals surface area contributed by atoms with E-state index in [1.807, 2.05) is 13.0 Å². The second-order valence-corrected chi connectivity index (χ2v) is 4.69. The summed E-state index contributed by atoms with van der Waals surface area (Å²) in [5, 5.41) is 9.18. The van der Waals surface area contributed by atoms with Crippen molar-refractivity contribution in [3.63, 3.8) is 0 Å². The standard InChI is InChI=1S/C14H21N3O/c1-3-8-17(9-10-18)14-12-6-4-5-7-13(12)15-11(2)16-14/h3,18H,1,4-10H2,2H3. The molecule has 2 rings (SSSR count). The Morgan fingerprint density at radius 2 is 2.11 bits per heavy atom. The van der Waals surface area contributed by atoms with Gasteiger partial charge in [0.25, 0.3) is 0 Å². The fourth-order valence-corrected chi connectivity index (χ4v) is 2.52. The zero-order chi connectivity index (χ0) is 13.0. The molecule has 98 valence electrons. The molecule has 0 aliphatic heterocycles. The van der Waals surface area contributed by atoms with Crippen LogP contribution in [0.2, 0.25) is 0 Å². The summed E-state index contributed by atoms with van der Waals surface area (Å²) in [5.74, 6) is 1.81. The van der Waals surface area contributed by atoms with Crippen LogP contribution in [0, 0.1) is 6.92 Å². The molecule has 1 aliphatic carbocycles. The van der Waals surface area contributed by atoms with Crippen molar-refractivity contribution < 1.29 is 5.11 Å². The minimum absolute atomic E-state index is 0.131. The molecule has 0 amide bonds. The number of aryl methyl sites for hydroxylation is 2. The Bertz CT molecular complexity index is 431. The zero-order valence-electron chi connectivity index (χ0n) is 11.0. The van der Waals surface area contributed by atoms with E-state index in [0.29, 0.717) is 13.1 Å². The van der Waals surface area contributed by atoms with Crippen LogP contribution in [-0.2, 0) is 12.8 Å². The SMILES string of the molecule is C=CCN(CCO)c1nc(C)nc2c1CCCC2. The third-order valence-corrected chi connectivity index (χ3v) is 3.29. The van der Waals surface area contributed by atoms with Crippen molar-refractivity contribution in [2.45, 2.75) is 32.6 Å². The van der Waals surface area contributed by atoms with E-state index in [9.17, 15) is 5.11 Å². The Labute approximate surface area is 108 Å². The molecule has 0 radical (unpaired) electrons. The predicted octanol–water partition coefficient (Wildman–Crippen LogP) is 1.65. The number of aliphatic hydroxyl groups is 1. The van der Waals surface area contributed by atoms with E-state index in [2.05, 4.69) is 21.4 Å². The lowest BCUT2D eigenvalue weighted by atomic mass is 9.96. The zero-order valence-corrected chi connectivity index (χ0v) is 11.0. The topological polar surface area (TPSA) is 49.2 Å². The van der Waals surface area contributed by atoms with Gasteiger partial charge in [0.2, 0.25) is 0 Å². The minimum atomic E-state index is 0.131. The van der Waals surface area contributed by atoms with E-state index >= 15 is 0 Å². The molecule has 0 spiro atoms. The highest BCUT2D eigenvalue weighted by molar-refractivity contribution is 5.50. The van der Waals surface area contributed by atoms with E-state index in [1.54, 1.807) is 0 Å². The Morgan fingerprint density at radius 3 is 2.83 bits per heavy atom. The summed E-state index contributed by atoms with van der Waals surface area (Å²) in [7, 11) is 0. The van der Waals surface area contributed by atoms with Gasteiger partial charge in [0.15, 0.2) is 0 Å². The van der Waals surface area contributed by atoms with Gasteiger partial charge in [0.05, 0.1) is 6.61 Å². The summed E-state index contributed by atoms with van der Waals surface area (Å²) in [6, 6.07) is 0. The molecule has 1 aromatic heterocycles. The second-order valence-electron chi connectivity index (χ2n) is 4.69. The summed E-state index contributed by atoms with van der Waals surface area (Å²) in [4.78, 5) is 11.2. The third kappa shape index (κ3) is 2.70. The lowest BCUT2D eigenvalue weighted by Crippen LogP contribution is -2.30. The molecule has 1 aliphatic rings. The van der Waals surface area contributed by atoms with Gasteiger partial charge in [-0.2, -0.15) is 0 Å². The Kier molecular flexibility index (Phi) is 4.31. The van der Waals surface area contributed by atoms with E-state index in [1.165, 1.54) is 24.1 Å². The number of rotatable bonds is 5. The number of anilines is 1. The summed E-state index contributed by atoms with van der Waals surface area (Å²) in [5.41, 5.74) is 2.46. The van der Waals surface area contributed by atoms with Gasteiger partial charge in [-0.15, -0.1) is 6.58 Å². The van der Waals surface area contributed by atoms with Crippen molar-refractivity contribution in [2.75, 3.05) is 24.6 Å². The molecule has 0 unspecified atom stereocenters. The van der Waals surface area contributed by atoms with Gasteiger partial charge in [-0.05, 0) is 32.6 Å². The van der Waals surface area contributed by atoms with Crippen LogP contribution in [0.3, 0.4) is 0 Å². The normalized spacial score (nSPS) is 14.1. The largest absolute Gasteiger partial charge is 0.395 e. The quantitative estimate of drug-likeness (QED) is 0.804. The van der Waals surface area contributed by atoms with E-state index < -0.39 is 0 Å². The van der Waals surface area contributed by atoms with Gasteiger partial charge >= 0.3 is 0 Å². The van der Waals surface area contributed by atoms with Crippen molar-refractivity contribution in [1.29, 1.82) is 0 Å². The van der Waals surface area contributed by atoms with E-state index in [-0.39, 0.29) is 6.61 Å².